The van der Waals surface area contributed by atoms with Crippen LogP contribution in [-0.2, 0) is 10.0 Å². The van der Waals surface area contributed by atoms with Crippen LogP contribution in [0.5, 0.6) is 5.75 Å². The van der Waals surface area contributed by atoms with Gasteiger partial charge in [0.05, 0.1) is 17.6 Å². The number of aryl methyl sites for hydroxylation is 1. The number of methoxy groups -OCH3 is 1. The fourth-order valence-electron chi connectivity index (χ4n) is 3.30. The second-order valence-corrected chi connectivity index (χ2v) is 9.16. The highest BCUT2D eigenvalue weighted by molar-refractivity contribution is 7.89. The number of hydrogen-bond donors (Lipinski definition) is 1. The van der Waals surface area contributed by atoms with E-state index in [1.165, 1.54) is 29.6 Å². The summed E-state index contributed by atoms with van der Waals surface area (Å²) in [7, 11) is -2.19. The number of rotatable bonds is 5. The SMILES string of the molecule is COc1ccc(S(=O)(=O)N2CCC(C)CC2)cc1C(=O)Nc1ccccc1C. The molecule has 2 aromatic rings. The van der Waals surface area contributed by atoms with Gasteiger partial charge in [0.25, 0.3) is 5.91 Å². The molecule has 3 rings (SSSR count). The predicted octanol–water partition coefficient (Wildman–Crippen LogP) is 3.68. The van der Waals surface area contributed by atoms with Crippen LogP contribution in [0.4, 0.5) is 5.69 Å². The van der Waals surface area contributed by atoms with Crippen LogP contribution in [0.3, 0.4) is 0 Å². The van der Waals surface area contributed by atoms with Gasteiger partial charge >= 0.3 is 0 Å². The smallest absolute Gasteiger partial charge is 0.259 e. The van der Waals surface area contributed by atoms with Gasteiger partial charge in [-0.25, -0.2) is 8.42 Å². The molecule has 1 saturated heterocycles. The van der Waals surface area contributed by atoms with Crippen LogP contribution >= 0.6 is 0 Å². The number of nitrogens with one attached hydrogen (secondary N) is 1. The summed E-state index contributed by atoms with van der Waals surface area (Å²) in [6.07, 6.45) is 1.69. The standard InChI is InChI=1S/C21H26N2O4S/c1-15-10-12-23(13-11-15)28(25,26)17-8-9-20(27-3)18(14-17)21(24)22-19-7-5-4-6-16(19)2/h4-9,14-15H,10-13H2,1-3H3,(H,22,24). The molecule has 7 heteroatoms. The van der Waals surface area contributed by atoms with Gasteiger partial charge in [-0.1, -0.05) is 25.1 Å². The maximum atomic E-state index is 13.0. The molecule has 1 amide bonds. The van der Waals surface area contributed by atoms with E-state index in [4.69, 9.17) is 4.74 Å². The first-order valence-corrected chi connectivity index (χ1v) is 10.8. The minimum absolute atomic E-state index is 0.109. The summed E-state index contributed by atoms with van der Waals surface area (Å²) >= 11 is 0. The third kappa shape index (κ3) is 4.20. The van der Waals surface area contributed by atoms with Gasteiger partial charge in [0, 0.05) is 18.8 Å². The van der Waals surface area contributed by atoms with Crippen molar-refractivity contribution in [3.63, 3.8) is 0 Å². The van der Waals surface area contributed by atoms with Crippen molar-refractivity contribution in [2.24, 2.45) is 5.92 Å². The Hall–Kier alpha value is -2.38. The fraction of sp³-hybridized carbons (Fsp3) is 0.381. The van der Waals surface area contributed by atoms with Gasteiger partial charge in [-0.15, -0.1) is 0 Å². The summed E-state index contributed by atoms with van der Waals surface area (Å²) in [5.41, 5.74) is 1.78. The minimum atomic E-state index is -3.65. The summed E-state index contributed by atoms with van der Waals surface area (Å²) in [6.45, 7) is 5.02. The fourth-order valence-corrected chi connectivity index (χ4v) is 4.80. The zero-order valence-electron chi connectivity index (χ0n) is 16.4. The molecule has 1 N–H and O–H groups in total. The third-order valence-electron chi connectivity index (χ3n) is 5.19. The lowest BCUT2D eigenvalue weighted by Gasteiger charge is -2.29. The number of hydrogen-bond acceptors (Lipinski definition) is 4. The summed E-state index contributed by atoms with van der Waals surface area (Å²) in [5, 5.41) is 2.84. The van der Waals surface area contributed by atoms with E-state index in [1.54, 1.807) is 6.07 Å². The second-order valence-electron chi connectivity index (χ2n) is 7.22. The molecule has 0 bridgehead atoms. The van der Waals surface area contributed by atoms with Crippen molar-refractivity contribution in [1.29, 1.82) is 0 Å². The Labute approximate surface area is 166 Å². The van der Waals surface area contributed by atoms with Gasteiger partial charge in [-0.2, -0.15) is 4.31 Å². The van der Waals surface area contributed by atoms with Gasteiger partial charge in [-0.05, 0) is 55.5 Å². The average molecular weight is 403 g/mol. The quantitative estimate of drug-likeness (QED) is 0.828. The Kier molecular flexibility index (Phi) is 6.05. The predicted molar refractivity (Wildman–Crippen MR) is 109 cm³/mol. The van der Waals surface area contributed by atoms with Crippen LogP contribution < -0.4 is 10.1 Å². The molecule has 6 nitrogen and oxygen atoms in total. The first-order chi connectivity index (χ1) is 13.3. The Morgan fingerprint density at radius 1 is 1.14 bits per heavy atom. The van der Waals surface area contributed by atoms with E-state index in [0.29, 0.717) is 30.4 Å². The number of benzene rings is 2. The van der Waals surface area contributed by atoms with Crippen LogP contribution in [-0.4, -0.2) is 38.8 Å². The lowest BCUT2D eigenvalue weighted by Crippen LogP contribution is -2.37. The van der Waals surface area contributed by atoms with Gasteiger partial charge in [-0.3, -0.25) is 4.79 Å². The van der Waals surface area contributed by atoms with Crippen molar-refractivity contribution < 1.29 is 17.9 Å². The molecular weight excluding hydrogens is 376 g/mol. The van der Waals surface area contributed by atoms with Gasteiger partial charge in [0.15, 0.2) is 0 Å². The molecule has 0 aromatic heterocycles. The van der Waals surface area contributed by atoms with E-state index in [2.05, 4.69) is 12.2 Å². The summed E-state index contributed by atoms with van der Waals surface area (Å²) in [4.78, 5) is 13.0. The summed E-state index contributed by atoms with van der Waals surface area (Å²) in [6, 6.07) is 11.8. The molecule has 1 aliphatic rings. The molecule has 0 unspecified atom stereocenters. The topological polar surface area (TPSA) is 75.7 Å². The number of piperidine rings is 1. The molecular formula is C21H26N2O4S. The lowest BCUT2D eigenvalue weighted by atomic mass is 10.0. The van der Waals surface area contributed by atoms with Gasteiger partial charge in [0.1, 0.15) is 5.75 Å². The Morgan fingerprint density at radius 2 is 1.82 bits per heavy atom. The maximum Gasteiger partial charge on any atom is 0.259 e. The zero-order valence-corrected chi connectivity index (χ0v) is 17.3. The van der Waals surface area contributed by atoms with Crippen molar-refractivity contribution in [2.75, 3.05) is 25.5 Å². The molecule has 0 saturated carbocycles. The molecule has 0 aliphatic carbocycles. The normalized spacial score (nSPS) is 16.0. The van der Waals surface area contributed by atoms with Gasteiger partial charge in [0.2, 0.25) is 10.0 Å². The number of nitrogens with zero attached hydrogens (tertiary/aromatic N) is 1. The van der Waals surface area contributed by atoms with E-state index in [1.807, 2.05) is 25.1 Å². The van der Waals surface area contributed by atoms with Crippen LogP contribution in [0.2, 0.25) is 0 Å². The summed E-state index contributed by atoms with van der Waals surface area (Å²) in [5.74, 6) is 0.450. The number of carbonyl (C=O) groups excluding carboxylic acids is 1. The monoisotopic (exact) mass is 402 g/mol. The van der Waals surface area contributed by atoms with Crippen molar-refractivity contribution in [3.8, 4) is 5.75 Å². The lowest BCUT2D eigenvalue weighted by molar-refractivity contribution is 0.102. The molecule has 1 fully saturated rings. The number of anilines is 1. The van der Waals surface area contributed by atoms with Crippen molar-refractivity contribution >= 4 is 21.6 Å². The number of amides is 1. The highest BCUT2D eigenvalue weighted by atomic mass is 32.2. The van der Waals surface area contributed by atoms with Crippen LogP contribution in [0.25, 0.3) is 0 Å². The molecule has 2 aromatic carbocycles. The van der Waals surface area contributed by atoms with E-state index in [0.717, 1.165) is 18.4 Å². The summed E-state index contributed by atoms with van der Waals surface area (Å²) < 4.78 is 32.9. The highest BCUT2D eigenvalue weighted by Crippen LogP contribution is 2.28. The molecule has 0 spiro atoms. The number of ether oxygens (including phenoxy) is 1. The number of carbonyl (C=O) groups is 1. The van der Waals surface area contributed by atoms with Crippen molar-refractivity contribution in [3.05, 3.63) is 53.6 Å². The van der Waals surface area contributed by atoms with Crippen LogP contribution in [0.15, 0.2) is 47.4 Å². The van der Waals surface area contributed by atoms with E-state index in [9.17, 15) is 13.2 Å². The zero-order chi connectivity index (χ0) is 20.3. The molecule has 0 radical (unpaired) electrons. The molecule has 1 heterocycles. The largest absolute Gasteiger partial charge is 0.496 e. The second kappa shape index (κ2) is 8.32. The minimum Gasteiger partial charge on any atom is -0.496 e. The Morgan fingerprint density at radius 3 is 2.46 bits per heavy atom. The Bertz CT molecular complexity index is 964. The Balaban J connectivity index is 1.91. The van der Waals surface area contributed by atoms with E-state index < -0.39 is 15.9 Å². The van der Waals surface area contributed by atoms with E-state index >= 15 is 0 Å². The van der Waals surface area contributed by atoms with E-state index in [-0.39, 0.29) is 10.5 Å². The van der Waals surface area contributed by atoms with Gasteiger partial charge < -0.3 is 10.1 Å². The number of para-hydroxylation sites is 1. The van der Waals surface area contributed by atoms with Crippen LogP contribution in [0, 0.1) is 12.8 Å². The van der Waals surface area contributed by atoms with Crippen LogP contribution in [0.1, 0.15) is 35.7 Å². The molecule has 150 valence electrons. The first-order valence-electron chi connectivity index (χ1n) is 9.38. The maximum absolute atomic E-state index is 13.0. The highest BCUT2D eigenvalue weighted by Gasteiger charge is 2.29. The third-order valence-corrected chi connectivity index (χ3v) is 7.08. The molecule has 1 aliphatic heterocycles. The molecule has 28 heavy (non-hydrogen) atoms. The average Bonchev–Trinajstić information content (AvgIpc) is 2.69. The molecule has 0 atom stereocenters. The van der Waals surface area contributed by atoms with Crippen molar-refractivity contribution in [2.45, 2.75) is 31.6 Å². The first kappa shape index (κ1) is 20.4. The van der Waals surface area contributed by atoms with Crippen molar-refractivity contribution in [1.82, 2.24) is 4.31 Å². The number of sulfonamides is 1.